The van der Waals surface area contributed by atoms with Gasteiger partial charge in [0, 0.05) is 42.3 Å². The van der Waals surface area contributed by atoms with Gasteiger partial charge in [0.15, 0.2) is 0 Å². The van der Waals surface area contributed by atoms with Crippen molar-refractivity contribution in [3.8, 4) is 5.75 Å². The molecule has 4 heteroatoms. The van der Waals surface area contributed by atoms with Crippen molar-refractivity contribution >= 4 is 17.8 Å². The van der Waals surface area contributed by atoms with Crippen molar-refractivity contribution in [2.75, 3.05) is 39.2 Å². The van der Waals surface area contributed by atoms with E-state index in [1.807, 2.05) is 18.2 Å². The van der Waals surface area contributed by atoms with Crippen LogP contribution >= 0.6 is 11.8 Å². The molecule has 0 spiro atoms. The lowest BCUT2D eigenvalue weighted by Gasteiger charge is -2.43. The molecule has 2 atom stereocenters. The highest BCUT2D eigenvalue weighted by molar-refractivity contribution is 8.00. The van der Waals surface area contributed by atoms with E-state index in [1.54, 1.807) is 7.11 Å². The number of hydrogen-bond donors (Lipinski definition) is 0. The van der Waals surface area contributed by atoms with Crippen LogP contribution in [0.1, 0.15) is 12.0 Å². The normalized spacial score (nSPS) is 26.7. The zero-order valence-corrected chi connectivity index (χ0v) is 13.3. The van der Waals surface area contributed by atoms with Crippen molar-refractivity contribution in [2.24, 2.45) is 0 Å². The number of para-hydroxylation sites is 1. The summed E-state index contributed by atoms with van der Waals surface area (Å²) in [6, 6.07) is 8.84. The number of thioether (sulfide) groups is 1. The number of hydrogen-bond acceptors (Lipinski definition) is 4. The van der Waals surface area contributed by atoms with Crippen LogP contribution < -0.4 is 4.74 Å². The zero-order chi connectivity index (χ0) is 14.5. The molecular formula is C17H23NO2S. The molecule has 1 aromatic carbocycles. The second-order valence-corrected chi connectivity index (χ2v) is 6.83. The molecule has 0 saturated carbocycles. The van der Waals surface area contributed by atoms with E-state index in [2.05, 4.69) is 34.9 Å². The van der Waals surface area contributed by atoms with E-state index in [9.17, 15) is 0 Å². The molecule has 0 amide bonds. The molecule has 2 unspecified atom stereocenters. The van der Waals surface area contributed by atoms with Gasteiger partial charge in [-0.1, -0.05) is 30.4 Å². The minimum Gasteiger partial charge on any atom is -0.496 e. The van der Waals surface area contributed by atoms with Crippen LogP contribution in [0, 0.1) is 0 Å². The zero-order valence-electron chi connectivity index (χ0n) is 12.5. The Morgan fingerprint density at radius 1 is 1.43 bits per heavy atom. The molecule has 2 aliphatic heterocycles. The van der Waals surface area contributed by atoms with Gasteiger partial charge < -0.3 is 9.47 Å². The fourth-order valence-corrected chi connectivity index (χ4v) is 4.48. The lowest BCUT2D eigenvalue weighted by atomic mass is 10.1. The molecule has 2 heterocycles. The van der Waals surface area contributed by atoms with Crippen LogP contribution in [-0.4, -0.2) is 55.4 Å². The monoisotopic (exact) mass is 305 g/mol. The lowest BCUT2D eigenvalue weighted by molar-refractivity contribution is 0.0423. The first-order valence-electron chi connectivity index (χ1n) is 7.61. The number of nitrogens with zero attached hydrogens (tertiary/aromatic N) is 1. The number of rotatable bonds is 4. The van der Waals surface area contributed by atoms with Gasteiger partial charge >= 0.3 is 0 Å². The van der Waals surface area contributed by atoms with Gasteiger partial charge in [0.05, 0.1) is 13.7 Å². The summed E-state index contributed by atoms with van der Waals surface area (Å²) in [5.41, 5.74) is 1.15. The number of benzene rings is 1. The van der Waals surface area contributed by atoms with Crippen molar-refractivity contribution in [3.63, 3.8) is 0 Å². The molecule has 21 heavy (non-hydrogen) atoms. The van der Waals surface area contributed by atoms with E-state index >= 15 is 0 Å². The molecule has 0 N–H and O–H groups in total. The second kappa shape index (κ2) is 7.34. The molecule has 2 aliphatic rings. The van der Waals surface area contributed by atoms with Crippen molar-refractivity contribution in [2.45, 2.75) is 17.7 Å². The summed E-state index contributed by atoms with van der Waals surface area (Å²) < 4.78 is 11.0. The SMILES string of the molecule is COc1ccccc1/C=C/CN1CCSC2COCCC21. The maximum absolute atomic E-state index is 5.61. The van der Waals surface area contributed by atoms with Gasteiger partial charge in [-0.2, -0.15) is 11.8 Å². The van der Waals surface area contributed by atoms with E-state index in [0.29, 0.717) is 11.3 Å². The molecule has 1 aromatic rings. The van der Waals surface area contributed by atoms with Crippen LogP contribution in [0.5, 0.6) is 5.75 Å². The first kappa shape index (κ1) is 14.9. The Morgan fingerprint density at radius 2 is 2.33 bits per heavy atom. The smallest absolute Gasteiger partial charge is 0.126 e. The molecule has 3 rings (SSSR count). The van der Waals surface area contributed by atoms with Crippen molar-refractivity contribution in [1.29, 1.82) is 0 Å². The van der Waals surface area contributed by atoms with E-state index in [0.717, 1.165) is 31.1 Å². The Labute approximate surface area is 131 Å². The number of ether oxygens (including phenoxy) is 2. The standard InChI is InChI=1S/C17H23NO2S/c1-19-16-7-3-2-5-14(16)6-4-9-18-10-12-21-17-13-20-11-8-15(17)18/h2-7,15,17H,8-13H2,1H3/b6-4+. The Morgan fingerprint density at radius 3 is 3.24 bits per heavy atom. The third-order valence-corrected chi connectivity index (χ3v) is 5.52. The van der Waals surface area contributed by atoms with E-state index in [-0.39, 0.29) is 0 Å². The topological polar surface area (TPSA) is 21.7 Å². The van der Waals surface area contributed by atoms with Gasteiger partial charge in [-0.25, -0.2) is 0 Å². The predicted molar refractivity (Wildman–Crippen MR) is 89.1 cm³/mol. The Bertz CT molecular complexity index is 489. The van der Waals surface area contributed by atoms with Gasteiger partial charge in [-0.05, 0) is 12.5 Å². The summed E-state index contributed by atoms with van der Waals surface area (Å²) in [5, 5.41) is 0.659. The Balaban J connectivity index is 1.62. The molecule has 0 aromatic heterocycles. The van der Waals surface area contributed by atoms with Gasteiger partial charge in [0.1, 0.15) is 5.75 Å². The third-order valence-electron chi connectivity index (χ3n) is 4.22. The van der Waals surface area contributed by atoms with Gasteiger partial charge in [0.25, 0.3) is 0 Å². The number of methoxy groups -OCH3 is 1. The summed E-state index contributed by atoms with van der Waals surface area (Å²) in [4.78, 5) is 2.61. The van der Waals surface area contributed by atoms with Crippen LogP contribution in [0.15, 0.2) is 30.3 Å². The van der Waals surface area contributed by atoms with Crippen molar-refractivity contribution < 1.29 is 9.47 Å². The molecule has 3 nitrogen and oxygen atoms in total. The largest absolute Gasteiger partial charge is 0.496 e. The molecule has 2 saturated heterocycles. The van der Waals surface area contributed by atoms with Gasteiger partial charge in [-0.15, -0.1) is 0 Å². The molecule has 0 bridgehead atoms. The molecule has 0 aliphatic carbocycles. The van der Waals surface area contributed by atoms with Gasteiger partial charge in [-0.3, -0.25) is 4.90 Å². The van der Waals surface area contributed by atoms with Crippen molar-refractivity contribution in [3.05, 3.63) is 35.9 Å². The summed E-state index contributed by atoms with van der Waals surface area (Å²) in [6.45, 7) is 4.03. The van der Waals surface area contributed by atoms with E-state index in [4.69, 9.17) is 9.47 Å². The van der Waals surface area contributed by atoms with Crippen molar-refractivity contribution in [1.82, 2.24) is 4.90 Å². The van der Waals surface area contributed by atoms with Crippen LogP contribution in [0.4, 0.5) is 0 Å². The molecule has 2 fully saturated rings. The molecule has 114 valence electrons. The minimum absolute atomic E-state index is 0.659. The van der Waals surface area contributed by atoms with E-state index < -0.39 is 0 Å². The fraction of sp³-hybridized carbons (Fsp3) is 0.529. The lowest BCUT2D eigenvalue weighted by Crippen LogP contribution is -2.51. The first-order valence-corrected chi connectivity index (χ1v) is 8.66. The first-order chi connectivity index (χ1) is 10.4. The summed E-state index contributed by atoms with van der Waals surface area (Å²) in [6.07, 6.45) is 5.61. The highest BCUT2D eigenvalue weighted by atomic mass is 32.2. The maximum atomic E-state index is 5.61. The third kappa shape index (κ3) is 3.62. The summed E-state index contributed by atoms with van der Waals surface area (Å²) >= 11 is 2.08. The Kier molecular flexibility index (Phi) is 5.22. The minimum atomic E-state index is 0.659. The number of fused-ring (bicyclic) bond motifs is 1. The van der Waals surface area contributed by atoms with Crippen LogP contribution in [0.3, 0.4) is 0 Å². The Hall–Kier alpha value is -0.970. The maximum Gasteiger partial charge on any atom is 0.126 e. The van der Waals surface area contributed by atoms with Crippen LogP contribution in [0.2, 0.25) is 0 Å². The van der Waals surface area contributed by atoms with Crippen LogP contribution in [-0.2, 0) is 4.74 Å². The molecule has 0 radical (unpaired) electrons. The summed E-state index contributed by atoms with van der Waals surface area (Å²) in [5.74, 6) is 2.15. The quantitative estimate of drug-likeness (QED) is 0.852. The highest BCUT2D eigenvalue weighted by Gasteiger charge is 2.33. The fourth-order valence-electron chi connectivity index (χ4n) is 3.11. The average Bonchev–Trinajstić information content (AvgIpc) is 2.55. The van der Waals surface area contributed by atoms with Gasteiger partial charge in [0.2, 0.25) is 0 Å². The van der Waals surface area contributed by atoms with E-state index in [1.165, 1.54) is 18.7 Å². The molecular weight excluding hydrogens is 282 g/mol. The average molecular weight is 305 g/mol. The predicted octanol–water partition coefficient (Wildman–Crippen LogP) is 2.91. The van der Waals surface area contributed by atoms with Crippen LogP contribution in [0.25, 0.3) is 6.08 Å². The summed E-state index contributed by atoms with van der Waals surface area (Å²) in [7, 11) is 1.72. The second-order valence-electron chi connectivity index (χ2n) is 5.48. The highest BCUT2D eigenvalue weighted by Crippen LogP contribution is 2.30.